The molecule has 0 aliphatic rings. The van der Waals surface area contributed by atoms with Crippen molar-refractivity contribution >= 4 is 40.8 Å². The fraction of sp³-hybridized carbons (Fsp3) is 0.0909. The van der Waals surface area contributed by atoms with Gasteiger partial charge in [0.2, 0.25) is 0 Å². The van der Waals surface area contributed by atoms with Crippen molar-refractivity contribution in [1.82, 2.24) is 5.32 Å². The van der Waals surface area contributed by atoms with Crippen LogP contribution in [0.2, 0.25) is 0 Å². The summed E-state index contributed by atoms with van der Waals surface area (Å²) in [5.74, 6) is -3.31. The predicted octanol–water partition coefficient (Wildman–Crippen LogP) is 6.29. The number of thioether (sulfide) groups is 1. The van der Waals surface area contributed by atoms with E-state index in [1.165, 1.54) is 48.5 Å². The van der Waals surface area contributed by atoms with Crippen molar-refractivity contribution in [3.05, 3.63) is 131 Å². The molecule has 0 saturated heterocycles. The molecule has 4 aromatic rings. The van der Waals surface area contributed by atoms with E-state index < -0.39 is 41.6 Å². The number of carboxylic acid groups (broad SMARTS) is 1. The van der Waals surface area contributed by atoms with Crippen molar-refractivity contribution < 1.29 is 42.6 Å². The third-order valence-electron chi connectivity index (χ3n) is 6.35. The molecule has 0 aliphatic heterocycles. The van der Waals surface area contributed by atoms with Crippen LogP contribution in [0.5, 0.6) is 0 Å². The van der Waals surface area contributed by atoms with E-state index >= 15 is 0 Å². The second-order valence-corrected chi connectivity index (χ2v) is 10.5. The lowest BCUT2D eigenvalue weighted by Crippen LogP contribution is -2.36. The molecule has 7 nitrogen and oxygen atoms in total. The topological polar surface area (TPSA) is 121 Å². The normalized spacial score (nSPS) is 12.3. The first-order chi connectivity index (χ1) is 20.9. The summed E-state index contributed by atoms with van der Waals surface area (Å²) in [4.78, 5) is 49.9. The molecule has 0 fully saturated rings. The molecule has 0 saturated carbocycles. The van der Waals surface area contributed by atoms with Crippen LogP contribution in [0.4, 0.5) is 13.2 Å². The molecule has 0 radical (unpaired) electrons. The van der Waals surface area contributed by atoms with Gasteiger partial charge in [0.1, 0.15) is 0 Å². The van der Waals surface area contributed by atoms with E-state index in [0.717, 1.165) is 17.2 Å². The van der Waals surface area contributed by atoms with Gasteiger partial charge in [-0.3, -0.25) is 14.4 Å². The van der Waals surface area contributed by atoms with Gasteiger partial charge in [-0.15, -0.1) is 0 Å². The van der Waals surface area contributed by atoms with Crippen molar-refractivity contribution in [3.8, 4) is 11.1 Å². The second-order valence-electron chi connectivity index (χ2n) is 9.41. The Kier molecular flexibility index (Phi) is 10.1. The number of aliphatic carboxylic acids is 1. The largest absolute Gasteiger partial charge is 0.479 e. The number of Topliss-reactive ketones (excluding diaryl/α,β-unsaturated/α-hetero) is 1. The van der Waals surface area contributed by atoms with Crippen molar-refractivity contribution in [2.24, 2.45) is 0 Å². The van der Waals surface area contributed by atoms with Crippen LogP contribution in [-0.4, -0.2) is 51.8 Å². The first kappa shape index (κ1) is 31.9. The van der Waals surface area contributed by atoms with Crippen LogP contribution in [0.15, 0.2) is 114 Å². The van der Waals surface area contributed by atoms with E-state index in [0.29, 0.717) is 5.56 Å². The summed E-state index contributed by atoms with van der Waals surface area (Å²) in [7, 11) is 0. The highest BCUT2D eigenvalue weighted by molar-refractivity contribution is 8.00. The molecule has 0 unspecified atom stereocenters. The molecule has 1 atom stereocenters. The number of ketones is 2. The van der Waals surface area contributed by atoms with Crippen LogP contribution in [0.1, 0.15) is 36.6 Å². The zero-order valence-electron chi connectivity index (χ0n) is 22.7. The molecule has 1 amide bonds. The molecule has 0 bridgehead atoms. The maximum atomic E-state index is 13.7. The maximum Gasteiger partial charge on any atom is 0.446 e. The molecule has 44 heavy (non-hydrogen) atoms. The fourth-order valence-electron chi connectivity index (χ4n) is 4.10. The van der Waals surface area contributed by atoms with Gasteiger partial charge in [-0.05, 0) is 70.9 Å². The highest BCUT2D eigenvalue weighted by Gasteiger charge is 2.29. The number of aliphatic hydroxyl groups excluding tert-OH is 1. The minimum Gasteiger partial charge on any atom is -0.479 e. The zero-order chi connectivity index (χ0) is 31.9. The number of halogens is 3. The number of carboxylic acids is 1. The standard InChI is InChI=1S/C33H24F3NO6S/c34-33(35,36)44-26-16-14-23(15-17-26)28(38)18-27(22-8-6-21(7-9-22)20-4-2-1-3-5-20)30(40)24-10-12-25(13-11-24)31(41)37-19-29(39)32(42)43/h1-18,29,39H,19H2,(H,37,41)(H,42,43)/b27-18-/t29-/m1/s1. The lowest BCUT2D eigenvalue weighted by atomic mass is 9.92. The number of carbonyl (C=O) groups is 4. The van der Waals surface area contributed by atoms with E-state index in [1.54, 1.807) is 24.3 Å². The van der Waals surface area contributed by atoms with Gasteiger partial charge in [0.05, 0.1) is 6.54 Å². The SMILES string of the molecule is O=C(/C=C(\C(=O)c1ccc(C(=O)NC[C@@H](O)C(=O)O)cc1)c1ccc(-c2ccccc2)cc1)c1ccc(SC(F)(F)F)cc1. The summed E-state index contributed by atoms with van der Waals surface area (Å²) < 4.78 is 38.1. The third kappa shape index (κ3) is 8.52. The van der Waals surface area contributed by atoms with Gasteiger partial charge in [-0.25, -0.2) is 4.79 Å². The molecular weight excluding hydrogens is 595 g/mol. The fourth-order valence-corrected chi connectivity index (χ4v) is 4.63. The maximum absolute atomic E-state index is 13.7. The van der Waals surface area contributed by atoms with Crippen molar-refractivity contribution in [2.45, 2.75) is 16.5 Å². The van der Waals surface area contributed by atoms with Gasteiger partial charge in [0.15, 0.2) is 17.7 Å². The number of nitrogens with one attached hydrogen (secondary N) is 1. The van der Waals surface area contributed by atoms with Crippen LogP contribution < -0.4 is 5.32 Å². The van der Waals surface area contributed by atoms with E-state index in [1.807, 2.05) is 30.3 Å². The number of rotatable bonds is 11. The van der Waals surface area contributed by atoms with Gasteiger partial charge in [-0.1, -0.05) is 66.7 Å². The van der Waals surface area contributed by atoms with Gasteiger partial charge in [0.25, 0.3) is 5.91 Å². The number of aliphatic hydroxyl groups is 1. The molecule has 0 heterocycles. The first-order valence-electron chi connectivity index (χ1n) is 13.0. The number of hydrogen-bond acceptors (Lipinski definition) is 6. The minimum absolute atomic E-state index is 0.0186. The smallest absolute Gasteiger partial charge is 0.446 e. The molecule has 0 aromatic heterocycles. The molecule has 0 aliphatic carbocycles. The van der Waals surface area contributed by atoms with E-state index in [2.05, 4.69) is 5.32 Å². The van der Waals surface area contributed by atoms with Crippen LogP contribution in [0.3, 0.4) is 0 Å². The number of alkyl halides is 3. The van der Waals surface area contributed by atoms with E-state index in [-0.39, 0.29) is 38.9 Å². The molecule has 11 heteroatoms. The lowest BCUT2D eigenvalue weighted by molar-refractivity contribution is -0.146. The summed E-state index contributed by atoms with van der Waals surface area (Å²) in [6, 6.07) is 26.7. The van der Waals surface area contributed by atoms with Crippen LogP contribution in [0.25, 0.3) is 16.7 Å². The summed E-state index contributed by atoms with van der Waals surface area (Å²) >= 11 is -0.306. The molecule has 4 rings (SSSR count). The second kappa shape index (κ2) is 14.0. The number of hydrogen-bond donors (Lipinski definition) is 3. The Morgan fingerprint density at radius 3 is 1.82 bits per heavy atom. The Hall–Kier alpha value is -5.00. The molecule has 224 valence electrons. The Balaban J connectivity index is 1.63. The van der Waals surface area contributed by atoms with Gasteiger partial charge >= 0.3 is 11.5 Å². The number of amides is 1. The molecular formula is C33H24F3NO6S. The van der Waals surface area contributed by atoms with Crippen LogP contribution >= 0.6 is 11.8 Å². The van der Waals surface area contributed by atoms with Crippen molar-refractivity contribution in [1.29, 1.82) is 0 Å². The van der Waals surface area contributed by atoms with Crippen LogP contribution in [-0.2, 0) is 4.79 Å². The Morgan fingerprint density at radius 1 is 0.727 bits per heavy atom. The zero-order valence-corrected chi connectivity index (χ0v) is 23.6. The summed E-state index contributed by atoms with van der Waals surface area (Å²) in [6.45, 7) is -0.515. The van der Waals surface area contributed by atoms with E-state index in [9.17, 15) is 37.5 Å². The minimum atomic E-state index is -4.48. The number of carbonyl (C=O) groups excluding carboxylic acids is 3. The predicted molar refractivity (Wildman–Crippen MR) is 159 cm³/mol. The highest BCUT2D eigenvalue weighted by atomic mass is 32.2. The Morgan fingerprint density at radius 2 is 1.25 bits per heavy atom. The molecule has 0 spiro atoms. The first-order valence-corrected chi connectivity index (χ1v) is 13.8. The quantitative estimate of drug-likeness (QED) is 0.103. The van der Waals surface area contributed by atoms with E-state index in [4.69, 9.17) is 5.11 Å². The number of benzene rings is 4. The average molecular weight is 620 g/mol. The average Bonchev–Trinajstić information content (AvgIpc) is 3.02. The Bertz CT molecular complexity index is 1690. The Labute approximate surface area is 254 Å². The van der Waals surface area contributed by atoms with Gasteiger partial charge < -0.3 is 15.5 Å². The van der Waals surface area contributed by atoms with Crippen molar-refractivity contribution in [3.63, 3.8) is 0 Å². The number of allylic oxidation sites excluding steroid dienone is 2. The highest BCUT2D eigenvalue weighted by Crippen LogP contribution is 2.36. The van der Waals surface area contributed by atoms with Gasteiger partial charge in [0, 0.05) is 27.2 Å². The summed E-state index contributed by atoms with van der Waals surface area (Å²) in [5.41, 5.74) is -1.92. The monoisotopic (exact) mass is 619 g/mol. The summed E-state index contributed by atoms with van der Waals surface area (Å²) in [5, 5.41) is 20.4. The molecule has 3 N–H and O–H groups in total. The molecule has 4 aromatic carbocycles. The van der Waals surface area contributed by atoms with Crippen molar-refractivity contribution in [2.75, 3.05) is 6.54 Å². The summed E-state index contributed by atoms with van der Waals surface area (Å²) in [6.07, 6.45) is -0.655. The third-order valence-corrected chi connectivity index (χ3v) is 7.09. The van der Waals surface area contributed by atoms with Crippen LogP contribution in [0, 0.1) is 0 Å². The van der Waals surface area contributed by atoms with Gasteiger partial charge in [-0.2, -0.15) is 13.2 Å². The lowest BCUT2D eigenvalue weighted by Gasteiger charge is -2.11.